The topological polar surface area (TPSA) is 60.2 Å². The molecule has 6 nitrogen and oxygen atoms in total. The number of fused-ring (bicyclic) bond motifs is 1. The number of aromatic nitrogens is 3. The van der Waals surface area contributed by atoms with Crippen LogP contribution < -0.4 is 9.64 Å². The molecule has 2 atom stereocenters. The van der Waals surface area contributed by atoms with Crippen LogP contribution in [0.4, 0.5) is 5.95 Å². The summed E-state index contributed by atoms with van der Waals surface area (Å²) >= 11 is 0. The van der Waals surface area contributed by atoms with Gasteiger partial charge in [-0.1, -0.05) is 60.2 Å². The van der Waals surface area contributed by atoms with E-state index in [1.54, 1.807) is 12.0 Å². The lowest BCUT2D eigenvalue weighted by molar-refractivity contribution is 0.0963. The van der Waals surface area contributed by atoms with E-state index in [0.717, 1.165) is 22.4 Å². The summed E-state index contributed by atoms with van der Waals surface area (Å²) in [5.41, 5.74) is 3.84. The van der Waals surface area contributed by atoms with Crippen LogP contribution in [0.1, 0.15) is 45.6 Å². The average Bonchev–Trinajstić information content (AvgIpc) is 3.33. The summed E-state index contributed by atoms with van der Waals surface area (Å²) in [7, 11) is 1.65. The molecule has 1 aromatic heterocycles. The van der Waals surface area contributed by atoms with Gasteiger partial charge in [-0.2, -0.15) is 10.1 Å². The van der Waals surface area contributed by atoms with Crippen molar-refractivity contribution in [2.24, 2.45) is 0 Å². The van der Waals surface area contributed by atoms with E-state index in [9.17, 15) is 4.79 Å². The molecule has 1 amide bonds. The minimum atomic E-state index is -0.198. The van der Waals surface area contributed by atoms with Crippen molar-refractivity contribution < 1.29 is 9.53 Å². The maximum atomic E-state index is 13.8. The van der Waals surface area contributed by atoms with Crippen molar-refractivity contribution in [3.8, 4) is 5.75 Å². The fourth-order valence-corrected chi connectivity index (χ4v) is 4.41. The molecule has 0 saturated heterocycles. The van der Waals surface area contributed by atoms with Gasteiger partial charge < -0.3 is 4.74 Å². The molecule has 0 unspecified atom stereocenters. The zero-order valence-electron chi connectivity index (χ0n) is 18.1. The Labute approximate surface area is 187 Å². The van der Waals surface area contributed by atoms with Crippen molar-refractivity contribution in [3.05, 3.63) is 107 Å². The van der Waals surface area contributed by atoms with Gasteiger partial charge in [0.05, 0.1) is 19.2 Å². The van der Waals surface area contributed by atoms with Crippen molar-refractivity contribution in [1.82, 2.24) is 14.8 Å². The van der Waals surface area contributed by atoms with Crippen molar-refractivity contribution >= 4 is 11.9 Å². The standard InChI is InChI=1S/C26H24N4O2/c1-18-7-6-10-21(15-18)25(31)29-23(20-11-13-22(32-2)14-12-20)16-24(19-8-4-3-5-9-19)30-26(29)27-17-28-30/h3-15,17,23-24H,16H2,1-2H3/t23-,24+/m0/s1. The minimum Gasteiger partial charge on any atom is -0.497 e. The van der Waals surface area contributed by atoms with E-state index in [1.165, 1.54) is 6.33 Å². The number of rotatable bonds is 4. The molecule has 6 heteroatoms. The second kappa shape index (κ2) is 8.30. The third kappa shape index (κ3) is 3.54. The first-order valence-electron chi connectivity index (χ1n) is 10.6. The smallest absolute Gasteiger partial charge is 0.261 e. The first-order chi connectivity index (χ1) is 15.7. The van der Waals surface area contributed by atoms with Crippen LogP contribution in [-0.4, -0.2) is 27.8 Å². The molecule has 3 aromatic carbocycles. The Morgan fingerprint density at radius 2 is 1.69 bits per heavy atom. The number of hydrogen-bond donors (Lipinski definition) is 0. The van der Waals surface area contributed by atoms with Gasteiger partial charge in [-0.05, 0) is 48.7 Å². The fraction of sp³-hybridized carbons (Fsp3) is 0.192. The predicted molar refractivity (Wildman–Crippen MR) is 123 cm³/mol. The number of methoxy groups -OCH3 is 1. The number of ether oxygens (including phenoxy) is 1. The number of aryl methyl sites for hydroxylation is 1. The molecule has 0 fully saturated rings. The molecule has 4 aromatic rings. The minimum absolute atomic E-state index is 0.0256. The summed E-state index contributed by atoms with van der Waals surface area (Å²) in [6.07, 6.45) is 2.21. The lowest BCUT2D eigenvalue weighted by atomic mass is 9.91. The molecule has 0 aliphatic carbocycles. The summed E-state index contributed by atoms with van der Waals surface area (Å²) in [5, 5.41) is 4.51. The Kier molecular flexibility index (Phi) is 5.19. The Morgan fingerprint density at radius 1 is 0.938 bits per heavy atom. The number of amides is 1. The monoisotopic (exact) mass is 424 g/mol. The zero-order chi connectivity index (χ0) is 22.1. The van der Waals surface area contributed by atoms with Gasteiger partial charge in [-0.3, -0.25) is 9.69 Å². The highest BCUT2D eigenvalue weighted by atomic mass is 16.5. The number of carbonyl (C=O) groups excluding carboxylic acids is 1. The van der Waals surface area contributed by atoms with Crippen molar-refractivity contribution in [2.45, 2.75) is 25.4 Å². The van der Waals surface area contributed by atoms with E-state index in [-0.39, 0.29) is 18.0 Å². The van der Waals surface area contributed by atoms with Crippen molar-refractivity contribution in [3.63, 3.8) is 0 Å². The van der Waals surface area contributed by atoms with Crippen LogP contribution in [0.3, 0.4) is 0 Å². The maximum Gasteiger partial charge on any atom is 0.261 e. The number of anilines is 1. The predicted octanol–water partition coefficient (Wildman–Crippen LogP) is 4.98. The molecular weight excluding hydrogens is 400 g/mol. The van der Waals surface area contributed by atoms with Gasteiger partial charge in [-0.25, -0.2) is 4.68 Å². The van der Waals surface area contributed by atoms with Gasteiger partial charge in [-0.15, -0.1) is 0 Å². The number of benzene rings is 3. The van der Waals surface area contributed by atoms with Gasteiger partial charge in [0, 0.05) is 5.56 Å². The van der Waals surface area contributed by atoms with E-state index in [0.29, 0.717) is 17.9 Å². The summed E-state index contributed by atoms with van der Waals surface area (Å²) in [5.74, 6) is 1.25. The molecule has 1 aliphatic heterocycles. The Bertz CT molecular complexity index is 1230. The van der Waals surface area contributed by atoms with E-state index >= 15 is 0 Å². The summed E-state index contributed by atoms with van der Waals surface area (Å²) in [6.45, 7) is 1.99. The third-order valence-electron chi connectivity index (χ3n) is 5.99. The van der Waals surface area contributed by atoms with E-state index < -0.39 is 0 Å². The molecule has 0 bridgehead atoms. The van der Waals surface area contributed by atoms with Gasteiger partial charge >= 0.3 is 0 Å². The number of nitrogens with zero attached hydrogens (tertiary/aromatic N) is 4. The SMILES string of the molecule is COc1ccc([C@@H]2C[C@H](c3ccccc3)n3ncnc3N2C(=O)c2cccc(C)c2)cc1. The zero-order valence-corrected chi connectivity index (χ0v) is 18.1. The summed E-state index contributed by atoms with van der Waals surface area (Å²) in [6, 6.07) is 25.6. The maximum absolute atomic E-state index is 13.8. The third-order valence-corrected chi connectivity index (χ3v) is 5.99. The Hall–Kier alpha value is -3.93. The molecule has 0 N–H and O–H groups in total. The van der Waals surface area contributed by atoms with Crippen LogP contribution in [0, 0.1) is 6.92 Å². The first kappa shape index (κ1) is 20.0. The van der Waals surface area contributed by atoms with Gasteiger partial charge in [0.1, 0.15) is 12.1 Å². The molecule has 2 heterocycles. The van der Waals surface area contributed by atoms with Crippen LogP contribution in [0.5, 0.6) is 5.75 Å². The molecule has 160 valence electrons. The van der Waals surface area contributed by atoms with Crippen LogP contribution in [0.15, 0.2) is 85.2 Å². The largest absolute Gasteiger partial charge is 0.497 e. The molecule has 0 saturated carbocycles. The van der Waals surface area contributed by atoms with Gasteiger partial charge in [0.25, 0.3) is 5.91 Å². The van der Waals surface area contributed by atoms with Crippen LogP contribution >= 0.6 is 0 Å². The Morgan fingerprint density at radius 3 is 2.41 bits per heavy atom. The van der Waals surface area contributed by atoms with E-state index in [2.05, 4.69) is 22.2 Å². The summed E-state index contributed by atoms with van der Waals surface area (Å²) in [4.78, 5) is 20.1. The molecule has 32 heavy (non-hydrogen) atoms. The Balaban J connectivity index is 1.64. The van der Waals surface area contributed by atoms with E-state index in [1.807, 2.05) is 78.3 Å². The lowest BCUT2D eigenvalue weighted by Gasteiger charge is -2.39. The number of carbonyl (C=O) groups is 1. The van der Waals surface area contributed by atoms with Gasteiger partial charge in [0.15, 0.2) is 0 Å². The lowest BCUT2D eigenvalue weighted by Crippen LogP contribution is -2.42. The highest BCUT2D eigenvalue weighted by molar-refractivity contribution is 6.06. The first-order valence-corrected chi connectivity index (χ1v) is 10.6. The highest BCUT2D eigenvalue weighted by Crippen LogP contribution is 2.42. The normalized spacial score (nSPS) is 17.6. The van der Waals surface area contributed by atoms with Crippen LogP contribution in [-0.2, 0) is 0 Å². The van der Waals surface area contributed by atoms with Crippen molar-refractivity contribution in [1.29, 1.82) is 0 Å². The highest BCUT2D eigenvalue weighted by Gasteiger charge is 2.39. The van der Waals surface area contributed by atoms with E-state index in [4.69, 9.17) is 4.74 Å². The fourth-order valence-electron chi connectivity index (χ4n) is 4.41. The number of hydrogen-bond acceptors (Lipinski definition) is 4. The molecule has 0 radical (unpaired) electrons. The van der Waals surface area contributed by atoms with Crippen LogP contribution in [0.2, 0.25) is 0 Å². The van der Waals surface area contributed by atoms with Crippen LogP contribution in [0.25, 0.3) is 0 Å². The van der Waals surface area contributed by atoms with Gasteiger partial charge in [0.2, 0.25) is 5.95 Å². The molecular formula is C26H24N4O2. The van der Waals surface area contributed by atoms with Crippen molar-refractivity contribution in [2.75, 3.05) is 12.0 Å². The second-order valence-corrected chi connectivity index (χ2v) is 8.00. The summed E-state index contributed by atoms with van der Waals surface area (Å²) < 4.78 is 7.20. The quantitative estimate of drug-likeness (QED) is 0.464. The molecule has 0 spiro atoms. The molecule has 5 rings (SSSR count). The molecule has 1 aliphatic rings. The second-order valence-electron chi connectivity index (χ2n) is 8.00. The average molecular weight is 425 g/mol.